The lowest BCUT2D eigenvalue weighted by Gasteiger charge is -2.14. The van der Waals surface area contributed by atoms with Crippen LogP contribution >= 0.6 is 0 Å². The third-order valence-electron chi connectivity index (χ3n) is 3.60. The zero-order chi connectivity index (χ0) is 14.7. The molecular weight excluding hydrogens is 255 g/mol. The second-order valence-electron chi connectivity index (χ2n) is 4.87. The van der Waals surface area contributed by atoms with Gasteiger partial charge in [-0.1, -0.05) is 19.1 Å². The van der Waals surface area contributed by atoms with E-state index in [0.29, 0.717) is 0 Å². The molecule has 1 atom stereocenters. The molecule has 0 fully saturated rings. The van der Waals surface area contributed by atoms with Crippen molar-refractivity contribution < 1.29 is 4.39 Å². The summed E-state index contributed by atoms with van der Waals surface area (Å²) in [6, 6.07) is 4.92. The lowest BCUT2D eigenvalue weighted by molar-refractivity contribution is 0.555. The number of hydrogen-bond donors (Lipinski definition) is 1. The van der Waals surface area contributed by atoms with Crippen molar-refractivity contribution in [3.8, 4) is 5.69 Å². The Balaban J connectivity index is 2.52. The number of hydrogen-bond acceptors (Lipinski definition) is 3. The van der Waals surface area contributed by atoms with Gasteiger partial charge in [0.05, 0.1) is 17.4 Å². The molecule has 0 aliphatic carbocycles. The summed E-state index contributed by atoms with van der Waals surface area (Å²) in [5.41, 5.74) is 3.78. The van der Waals surface area contributed by atoms with E-state index in [1.807, 2.05) is 18.7 Å². The fourth-order valence-corrected chi connectivity index (χ4v) is 2.50. The third kappa shape index (κ3) is 2.58. The number of rotatable bonds is 5. The summed E-state index contributed by atoms with van der Waals surface area (Å²) in [7, 11) is 1.93. The molecule has 1 aromatic carbocycles. The maximum atomic E-state index is 13.2. The van der Waals surface area contributed by atoms with E-state index in [1.165, 1.54) is 12.1 Å². The first kappa shape index (κ1) is 14.7. The zero-order valence-corrected chi connectivity index (χ0v) is 12.4. The summed E-state index contributed by atoms with van der Waals surface area (Å²) in [6.45, 7) is 6.08. The van der Waals surface area contributed by atoms with Crippen LogP contribution in [0.1, 0.15) is 43.3 Å². The van der Waals surface area contributed by atoms with E-state index < -0.39 is 0 Å². The van der Waals surface area contributed by atoms with Crippen molar-refractivity contribution in [1.82, 2.24) is 20.3 Å². The van der Waals surface area contributed by atoms with Crippen LogP contribution in [0.4, 0.5) is 4.39 Å². The molecule has 5 heteroatoms. The summed E-state index contributed by atoms with van der Waals surface area (Å²) in [6.07, 6.45) is 1.78. The predicted octanol–water partition coefficient (Wildman–Crippen LogP) is 2.95. The van der Waals surface area contributed by atoms with Crippen molar-refractivity contribution in [1.29, 1.82) is 0 Å². The molecule has 2 rings (SSSR count). The summed E-state index contributed by atoms with van der Waals surface area (Å²) >= 11 is 0. The molecule has 1 heterocycles. The van der Waals surface area contributed by atoms with Crippen LogP contribution in [0.15, 0.2) is 18.2 Å². The normalized spacial score (nSPS) is 12.7. The van der Waals surface area contributed by atoms with Crippen molar-refractivity contribution in [3.63, 3.8) is 0 Å². The molecule has 0 aliphatic heterocycles. The first-order valence-corrected chi connectivity index (χ1v) is 7.00. The van der Waals surface area contributed by atoms with Crippen LogP contribution in [0.2, 0.25) is 0 Å². The Morgan fingerprint density at radius 1 is 1.35 bits per heavy atom. The van der Waals surface area contributed by atoms with Gasteiger partial charge in [-0.3, -0.25) is 0 Å². The average molecular weight is 276 g/mol. The van der Waals surface area contributed by atoms with Crippen LogP contribution in [-0.2, 0) is 6.42 Å². The first-order chi connectivity index (χ1) is 9.62. The van der Waals surface area contributed by atoms with E-state index in [4.69, 9.17) is 0 Å². The molecule has 0 aliphatic rings. The van der Waals surface area contributed by atoms with Crippen LogP contribution in [0, 0.1) is 12.7 Å². The van der Waals surface area contributed by atoms with E-state index in [0.717, 1.165) is 35.5 Å². The number of aryl methyl sites for hydroxylation is 1. The van der Waals surface area contributed by atoms with Crippen LogP contribution in [0.25, 0.3) is 5.69 Å². The Labute approximate surface area is 119 Å². The second kappa shape index (κ2) is 6.13. The molecule has 20 heavy (non-hydrogen) atoms. The van der Waals surface area contributed by atoms with E-state index in [-0.39, 0.29) is 11.9 Å². The summed E-state index contributed by atoms with van der Waals surface area (Å²) in [5.74, 6) is -0.230. The Bertz CT molecular complexity index is 588. The molecular formula is C15H21FN4. The highest BCUT2D eigenvalue weighted by atomic mass is 19.1. The van der Waals surface area contributed by atoms with E-state index in [1.54, 1.807) is 6.07 Å². The highest BCUT2D eigenvalue weighted by Gasteiger charge is 2.19. The van der Waals surface area contributed by atoms with Crippen molar-refractivity contribution in [2.45, 2.75) is 39.7 Å². The average Bonchev–Trinajstić information content (AvgIpc) is 2.84. The molecule has 0 radical (unpaired) electrons. The van der Waals surface area contributed by atoms with Crippen molar-refractivity contribution in [2.24, 2.45) is 0 Å². The lowest BCUT2D eigenvalue weighted by Crippen LogP contribution is -2.17. The molecule has 1 N–H and O–H groups in total. The van der Waals surface area contributed by atoms with E-state index in [2.05, 4.69) is 29.5 Å². The molecule has 0 bridgehead atoms. The minimum absolute atomic E-state index is 0.194. The van der Waals surface area contributed by atoms with Crippen molar-refractivity contribution in [2.75, 3.05) is 7.05 Å². The standard InChI is InChI=1S/C15H21FN4/c1-5-12(17-4)15-13(6-2)20(19-18-15)14-8-7-11(16)9-10(14)3/h7-9,12,17H,5-6H2,1-4H3. The molecule has 4 nitrogen and oxygen atoms in total. The highest BCUT2D eigenvalue weighted by molar-refractivity contribution is 5.41. The maximum Gasteiger partial charge on any atom is 0.123 e. The Hall–Kier alpha value is -1.75. The van der Waals surface area contributed by atoms with Gasteiger partial charge in [0.15, 0.2) is 0 Å². The highest BCUT2D eigenvalue weighted by Crippen LogP contribution is 2.23. The van der Waals surface area contributed by atoms with Gasteiger partial charge in [-0.05, 0) is 50.6 Å². The van der Waals surface area contributed by atoms with Crippen LogP contribution in [0.5, 0.6) is 0 Å². The van der Waals surface area contributed by atoms with Gasteiger partial charge in [0, 0.05) is 0 Å². The van der Waals surface area contributed by atoms with Gasteiger partial charge >= 0.3 is 0 Å². The Morgan fingerprint density at radius 2 is 2.10 bits per heavy atom. The van der Waals surface area contributed by atoms with Crippen LogP contribution < -0.4 is 5.32 Å². The fraction of sp³-hybridized carbons (Fsp3) is 0.467. The SMILES string of the molecule is CCc1c(C(CC)NC)nnn1-c1ccc(F)cc1C. The molecule has 0 spiro atoms. The number of nitrogens with one attached hydrogen (secondary N) is 1. The third-order valence-corrected chi connectivity index (χ3v) is 3.60. The largest absolute Gasteiger partial charge is 0.312 e. The van der Waals surface area contributed by atoms with Crippen LogP contribution in [-0.4, -0.2) is 22.0 Å². The molecule has 2 aromatic rings. The monoisotopic (exact) mass is 276 g/mol. The number of halogens is 1. The molecule has 1 aromatic heterocycles. The Morgan fingerprint density at radius 3 is 2.65 bits per heavy atom. The topological polar surface area (TPSA) is 42.7 Å². The Kier molecular flexibility index (Phi) is 4.49. The van der Waals surface area contributed by atoms with E-state index in [9.17, 15) is 4.39 Å². The molecule has 1 unspecified atom stereocenters. The smallest absolute Gasteiger partial charge is 0.123 e. The minimum Gasteiger partial charge on any atom is -0.312 e. The predicted molar refractivity (Wildman–Crippen MR) is 77.5 cm³/mol. The zero-order valence-electron chi connectivity index (χ0n) is 12.4. The van der Waals surface area contributed by atoms with Gasteiger partial charge < -0.3 is 5.32 Å². The van der Waals surface area contributed by atoms with Gasteiger partial charge in [0.1, 0.15) is 11.5 Å². The van der Waals surface area contributed by atoms with Gasteiger partial charge in [0.25, 0.3) is 0 Å². The quantitative estimate of drug-likeness (QED) is 0.913. The number of benzene rings is 1. The fourth-order valence-electron chi connectivity index (χ4n) is 2.50. The summed E-state index contributed by atoms with van der Waals surface area (Å²) in [4.78, 5) is 0. The molecule has 0 saturated carbocycles. The number of aromatic nitrogens is 3. The maximum absolute atomic E-state index is 13.2. The summed E-state index contributed by atoms with van der Waals surface area (Å²) in [5, 5.41) is 11.8. The molecule has 108 valence electrons. The van der Waals surface area contributed by atoms with E-state index >= 15 is 0 Å². The molecule has 0 saturated heterocycles. The number of nitrogens with zero attached hydrogens (tertiary/aromatic N) is 3. The van der Waals surface area contributed by atoms with Crippen LogP contribution in [0.3, 0.4) is 0 Å². The van der Waals surface area contributed by atoms with Gasteiger partial charge in [-0.2, -0.15) is 0 Å². The second-order valence-corrected chi connectivity index (χ2v) is 4.87. The summed E-state index contributed by atoms with van der Waals surface area (Å²) < 4.78 is 15.1. The lowest BCUT2D eigenvalue weighted by atomic mass is 10.1. The van der Waals surface area contributed by atoms with Crippen molar-refractivity contribution in [3.05, 3.63) is 41.0 Å². The van der Waals surface area contributed by atoms with Gasteiger partial charge in [-0.25, -0.2) is 9.07 Å². The van der Waals surface area contributed by atoms with Gasteiger partial charge in [-0.15, -0.1) is 5.10 Å². The first-order valence-electron chi connectivity index (χ1n) is 7.00. The van der Waals surface area contributed by atoms with Crippen molar-refractivity contribution >= 4 is 0 Å². The van der Waals surface area contributed by atoms with Gasteiger partial charge in [0.2, 0.25) is 0 Å². The minimum atomic E-state index is -0.230. The molecule has 0 amide bonds.